The Morgan fingerprint density at radius 2 is 1.66 bits per heavy atom. The zero-order valence-corrected chi connectivity index (χ0v) is 21.0. The van der Waals surface area contributed by atoms with E-state index in [-0.39, 0.29) is 21.7 Å². The highest BCUT2D eigenvalue weighted by Gasteiger charge is 2.13. The van der Waals surface area contributed by atoms with E-state index in [0.29, 0.717) is 16.8 Å². The SMILES string of the molecule is Cc1cc2c(cn1)cc(-c1cc(NC(=S)NC(=S)NC(=O)c3ccccc3)ccc1C)c(=O)n2C. The van der Waals surface area contributed by atoms with Crippen molar-refractivity contribution in [2.45, 2.75) is 13.8 Å². The van der Waals surface area contributed by atoms with E-state index < -0.39 is 0 Å². The number of nitrogens with one attached hydrogen (secondary N) is 3. The molecule has 2 aromatic heterocycles. The normalized spacial score (nSPS) is 10.6. The van der Waals surface area contributed by atoms with E-state index in [1.807, 2.05) is 50.2 Å². The molecular formula is C26H23N5O2S2. The van der Waals surface area contributed by atoms with Crippen LogP contribution in [-0.4, -0.2) is 25.7 Å². The van der Waals surface area contributed by atoms with E-state index in [2.05, 4.69) is 20.9 Å². The minimum absolute atomic E-state index is 0.0786. The molecule has 9 heteroatoms. The van der Waals surface area contributed by atoms with Crippen LogP contribution in [0, 0.1) is 13.8 Å². The largest absolute Gasteiger partial charge is 0.332 e. The maximum Gasteiger partial charge on any atom is 0.258 e. The van der Waals surface area contributed by atoms with Gasteiger partial charge in [0.1, 0.15) is 0 Å². The first kappa shape index (κ1) is 24.2. The summed E-state index contributed by atoms with van der Waals surface area (Å²) in [7, 11) is 1.76. The van der Waals surface area contributed by atoms with Crippen molar-refractivity contribution in [2.75, 3.05) is 5.32 Å². The second-order valence-electron chi connectivity index (χ2n) is 8.06. The highest BCUT2D eigenvalue weighted by Crippen LogP contribution is 2.26. The van der Waals surface area contributed by atoms with Crippen LogP contribution in [0.5, 0.6) is 0 Å². The fraction of sp³-hybridized carbons (Fsp3) is 0.115. The number of thiocarbonyl (C=S) groups is 2. The van der Waals surface area contributed by atoms with Crippen molar-refractivity contribution in [3.8, 4) is 11.1 Å². The monoisotopic (exact) mass is 501 g/mol. The van der Waals surface area contributed by atoms with Gasteiger partial charge in [-0.2, -0.15) is 0 Å². The van der Waals surface area contributed by atoms with E-state index in [0.717, 1.165) is 27.7 Å². The van der Waals surface area contributed by atoms with Crippen LogP contribution in [0.4, 0.5) is 5.69 Å². The molecule has 0 atom stereocenters. The fourth-order valence-corrected chi connectivity index (χ4v) is 4.19. The number of benzene rings is 2. The second kappa shape index (κ2) is 10.1. The second-order valence-corrected chi connectivity index (χ2v) is 8.88. The predicted molar refractivity (Wildman–Crippen MR) is 148 cm³/mol. The highest BCUT2D eigenvalue weighted by molar-refractivity contribution is 7.82. The summed E-state index contributed by atoms with van der Waals surface area (Å²) in [5.74, 6) is -0.333. The number of hydrogen-bond donors (Lipinski definition) is 3. The van der Waals surface area contributed by atoms with Gasteiger partial charge in [-0.1, -0.05) is 24.3 Å². The Morgan fingerprint density at radius 1 is 0.914 bits per heavy atom. The number of pyridine rings is 2. The van der Waals surface area contributed by atoms with Gasteiger partial charge in [0, 0.05) is 41.1 Å². The molecule has 0 aliphatic heterocycles. The number of aromatic nitrogens is 2. The van der Waals surface area contributed by atoms with Gasteiger partial charge in [-0.25, -0.2) is 0 Å². The molecule has 3 N–H and O–H groups in total. The molecule has 0 aliphatic carbocycles. The van der Waals surface area contributed by atoms with Crippen molar-refractivity contribution in [2.24, 2.45) is 7.05 Å². The first-order valence-electron chi connectivity index (χ1n) is 10.8. The number of carbonyl (C=O) groups is 1. The van der Waals surface area contributed by atoms with Crippen molar-refractivity contribution >= 4 is 57.2 Å². The molecule has 1 amide bonds. The fourth-order valence-electron chi connectivity index (χ4n) is 3.71. The third-order valence-electron chi connectivity index (χ3n) is 5.52. The van der Waals surface area contributed by atoms with E-state index in [4.69, 9.17) is 24.4 Å². The minimum Gasteiger partial charge on any atom is -0.332 e. The molecule has 0 spiro atoms. The lowest BCUT2D eigenvalue weighted by Crippen LogP contribution is -2.43. The molecule has 35 heavy (non-hydrogen) atoms. The van der Waals surface area contributed by atoms with Crippen molar-refractivity contribution < 1.29 is 4.79 Å². The summed E-state index contributed by atoms with van der Waals surface area (Å²) >= 11 is 10.6. The molecule has 0 aliphatic rings. The Hall–Kier alpha value is -3.95. The van der Waals surface area contributed by atoms with Crippen LogP contribution in [0.25, 0.3) is 22.0 Å². The average molecular weight is 502 g/mol. The van der Waals surface area contributed by atoms with Gasteiger partial charge in [-0.3, -0.25) is 19.9 Å². The van der Waals surface area contributed by atoms with Crippen molar-refractivity contribution in [3.05, 3.63) is 94.0 Å². The maximum atomic E-state index is 13.2. The molecule has 0 unspecified atom stereocenters. The Kier molecular flexibility index (Phi) is 6.99. The number of anilines is 1. The summed E-state index contributed by atoms with van der Waals surface area (Å²) in [6, 6.07) is 18.1. The van der Waals surface area contributed by atoms with Crippen LogP contribution in [-0.2, 0) is 7.05 Å². The maximum absolute atomic E-state index is 13.2. The summed E-state index contributed by atoms with van der Waals surface area (Å²) in [5, 5.41) is 9.63. The summed E-state index contributed by atoms with van der Waals surface area (Å²) in [5.41, 5.74) is 5.02. The number of hydrogen-bond acceptors (Lipinski definition) is 5. The number of carbonyl (C=O) groups excluding carboxylic acids is 1. The smallest absolute Gasteiger partial charge is 0.258 e. The van der Waals surface area contributed by atoms with Gasteiger partial charge in [0.05, 0.1) is 5.52 Å². The van der Waals surface area contributed by atoms with Crippen molar-refractivity contribution in [3.63, 3.8) is 0 Å². The molecule has 0 saturated heterocycles. The number of nitrogens with zero attached hydrogens (tertiary/aromatic N) is 2. The number of rotatable bonds is 3. The molecule has 0 bridgehead atoms. The molecule has 4 aromatic rings. The van der Waals surface area contributed by atoms with E-state index in [1.165, 1.54) is 0 Å². The number of amides is 1. The lowest BCUT2D eigenvalue weighted by molar-refractivity contribution is 0.0977. The third kappa shape index (κ3) is 5.42. The minimum atomic E-state index is -0.333. The van der Waals surface area contributed by atoms with E-state index in [1.54, 1.807) is 42.1 Å². The Labute approximate surface area is 213 Å². The van der Waals surface area contributed by atoms with Gasteiger partial charge >= 0.3 is 0 Å². The van der Waals surface area contributed by atoms with Crippen LogP contribution in [0.1, 0.15) is 21.6 Å². The van der Waals surface area contributed by atoms with Gasteiger partial charge in [-0.15, -0.1) is 0 Å². The predicted octanol–water partition coefficient (Wildman–Crippen LogP) is 4.22. The van der Waals surface area contributed by atoms with Gasteiger partial charge in [0.25, 0.3) is 11.5 Å². The Bertz CT molecular complexity index is 1530. The van der Waals surface area contributed by atoms with Crippen LogP contribution in [0.3, 0.4) is 0 Å². The van der Waals surface area contributed by atoms with Crippen molar-refractivity contribution in [1.29, 1.82) is 0 Å². The molecule has 2 aromatic carbocycles. The summed E-state index contributed by atoms with van der Waals surface area (Å²) < 4.78 is 1.64. The lowest BCUT2D eigenvalue weighted by atomic mass is 9.99. The Balaban J connectivity index is 1.53. The molecule has 0 radical (unpaired) electrons. The van der Waals surface area contributed by atoms with Gasteiger partial charge in [0.15, 0.2) is 10.2 Å². The molecule has 2 heterocycles. The van der Waals surface area contributed by atoms with Gasteiger partial charge < -0.3 is 15.2 Å². The molecule has 0 fully saturated rings. The lowest BCUT2D eigenvalue weighted by Gasteiger charge is -2.15. The van der Waals surface area contributed by atoms with Crippen molar-refractivity contribution in [1.82, 2.24) is 20.2 Å². The summed E-state index contributed by atoms with van der Waals surface area (Å²) in [6.07, 6.45) is 1.77. The molecular weight excluding hydrogens is 478 g/mol. The quantitative estimate of drug-likeness (QED) is 0.362. The molecule has 176 valence electrons. The molecule has 0 saturated carbocycles. The first-order valence-corrected chi connectivity index (χ1v) is 11.6. The van der Waals surface area contributed by atoms with Crippen LogP contribution in [0.15, 0.2) is 71.7 Å². The average Bonchev–Trinajstić information content (AvgIpc) is 2.83. The number of aryl methyl sites for hydroxylation is 3. The number of fused-ring (bicyclic) bond motifs is 1. The van der Waals surface area contributed by atoms with E-state index in [9.17, 15) is 9.59 Å². The van der Waals surface area contributed by atoms with Crippen LogP contribution < -0.4 is 21.5 Å². The van der Waals surface area contributed by atoms with Gasteiger partial charge in [-0.05, 0) is 85.8 Å². The first-order chi connectivity index (χ1) is 16.7. The standard InChI is InChI=1S/C26H23N5O2S2/c1-15-9-10-19(28-25(34)30-26(35)29-23(32)17-7-5-4-6-8-17)13-20(15)21-12-18-14-27-16(2)11-22(18)31(3)24(21)33/h4-14H,1-3H3,(H3,28,29,30,32,34,35). The summed E-state index contributed by atoms with van der Waals surface area (Å²) in [6.45, 7) is 3.84. The van der Waals surface area contributed by atoms with E-state index >= 15 is 0 Å². The topological polar surface area (TPSA) is 88.1 Å². The zero-order valence-electron chi connectivity index (χ0n) is 19.4. The Morgan fingerprint density at radius 3 is 2.40 bits per heavy atom. The summed E-state index contributed by atoms with van der Waals surface area (Å²) in [4.78, 5) is 29.8. The zero-order chi connectivity index (χ0) is 25.1. The highest BCUT2D eigenvalue weighted by atomic mass is 32.1. The third-order valence-corrected chi connectivity index (χ3v) is 5.93. The molecule has 4 rings (SSSR count). The van der Waals surface area contributed by atoms with Gasteiger partial charge in [0.2, 0.25) is 0 Å². The molecule has 7 nitrogen and oxygen atoms in total. The van der Waals surface area contributed by atoms with Crippen LogP contribution in [0.2, 0.25) is 0 Å². The van der Waals surface area contributed by atoms with Crippen LogP contribution >= 0.6 is 24.4 Å².